The lowest BCUT2D eigenvalue weighted by Gasteiger charge is -2.12. The van der Waals surface area contributed by atoms with Crippen LogP contribution in [-0.4, -0.2) is 14.8 Å². The van der Waals surface area contributed by atoms with E-state index in [2.05, 4.69) is 10.2 Å². The molecule has 7 heteroatoms. The number of furan rings is 1. The molecule has 0 fully saturated rings. The molecular weight excluding hydrogens is 385 g/mol. The van der Waals surface area contributed by atoms with E-state index >= 15 is 0 Å². The highest BCUT2D eigenvalue weighted by atomic mass is 35.5. The lowest BCUT2D eigenvalue weighted by molar-refractivity contribution is 0.575. The molecular formula is C20H15ClFN3OS. The molecule has 2 aromatic carbocycles. The van der Waals surface area contributed by atoms with Crippen molar-refractivity contribution in [2.75, 3.05) is 0 Å². The number of nitrogens with zero attached hydrogens (tertiary/aromatic N) is 3. The standard InChI is InChI=1S/C20H15ClFN3OS/c1-13-4-7-15(21)11-17(13)25-19(18-3-2-10-26-18)23-24-20(25)27-12-14-5-8-16(22)9-6-14/h2-11H,12H2,1H3. The third kappa shape index (κ3) is 3.77. The average Bonchev–Trinajstić information content (AvgIpc) is 3.32. The van der Waals surface area contributed by atoms with Gasteiger partial charge < -0.3 is 4.42 Å². The van der Waals surface area contributed by atoms with Crippen LogP contribution in [0.1, 0.15) is 11.1 Å². The highest BCUT2D eigenvalue weighted by Gasteiger charge is 2.19. The van der Waals surface area contributed by atoms with Crippen LogP contribution in [-0.2, 0) is 5.75 Å². The molecule has 136 valence electrons. The van der Waals surface area contributed by atoms with Crippen molar-refractivity contribution in [3.8, 4) is 17.3 Å². The van der Waals surface area contributed by atoms with Crippen LogP contribution in [0.3, 0.4) is 0 Å². The van der Waals surface area contributed by atoms with Crippen LogP contribution in [0.15, 0.2) is 70.4 Å². The second kappa shape index (κ2) is 7.58. The molecule has 0 atom stereocenters. The van der Waals surface area contributed by atoms with Gasteiger partial charge in [-0.15, -0.1) is 10.2 Å². The summed E-state index contributed by atoms with van der Waals surface area (Å²) in [4.78, 5) is 0. The van der Waals surface area contributed by atoms with E-state index in [-0.39, 0.29) is 5.82 Å². The highest BCUT2D eigenvalue weighted by molar-refractivity contribution is 7.98. The predicted molar refractivity (Wildman–Crippen MR) is 105 cm³/mol. The van der Waals surface area contributed by atoms with Gasteiger partial charge >= 0.3 is 0 Å². The minimum absolute atomic E-state index is 0.249. The lowest BCUT2D eigenvalue weighted by atomic mass is 10.2. The minimum atomic E-state index is -0.249. The quantitative estimate of drug-likeness (QED) is 0.391. The van der Waals surface area contributed by atoms with Gasteiger partial charge in [0.15, 0.2) is 10.9 Å². The van der Waals surface area contributed by atoms with Gasteiger partial charge in [-0.05, 0) is 54.4 Å². The molecule has 0 aliphatic heterocycles. The maximum Gasteiger partial charge on any atom is 0.205 e. The number of rotatable bonds is 5. The molecule has 4 rings (SSSR count). The van der Waals surface area contributed by atoms with E-state index < -0.39 is 0 Å². The number of hydrogen-bond acceptors (Lipinski definition) is 4. The van der Waals surface area contributed by atoms with Crippen molar-refractivity contribution in [2.24, 2.45) is 0 Å². The molecule has 0 saturated carbocycles. The fraction of sp³-hybridized carbons (Fsp3) is 0.100. The third-order valence-electron chi connectivity index (χ3n) is 4.07. The van der Waals surface area contributed by atoms with Crippen molar-refractivity contribution in [3.05, 3.63) is 82.8 Å². The van der Waals surface area contributed by atoms with Gasteiger partial charge in [0, 0.05) is 10.8 Å². The normalized spacial score (nSPS) is 11.1. The topological polar surface area (TPSA) is 43.9 Å². The molecule has 4 aromatic rings. The number of hydrogen-bond donors (Lipinski definition) is 0. The van der Waals surface area contributed by atoms with E-state index in [1.54, 1.807) is 18.4 Å². The average molecular weight is 400 g/mol. The predicted octanol–water partition coefficient (Wildman–Crippen LogP) is 5.92. The van der Waals surface area contributed by atoms with E-state index in [1.807, 2.05) is 41.8 Å². The summed E-state index contributed by atoms with van der Waals surface area (Å²) in [5.74, 6) is 1.61. The van der Waals surface area contributed by atoms with E-state index in [0.29, 0.717) is 27.5 Å². The van der Waals surface area contributed by atoms with Gasteiger partial charge in [-0.1, -0.05) is 41.6 Å². The SMILES string of the molecule is Cc1ccc(Cl)cc1-n1c(SCc2ccc(F)cc2)nnc1-c1ccco1. The van der Waals surface area contributed by atoms with Crippen molar-refractivity contribution < 1.29 is 8.81 Å². The smallest absolute Gasteiger partial charge is 0.205 e. The molecule has 0 radical (unpaired) electrons. The van der Waals surface area contributed by atoms with Gasteiger partial charge in [0.2, 0.25) is 5.82 Å². The molecule has 0 aliphatic carbocycles. The Balaban J connectivity index is 1.75. The summed E-state index contributed by atoms with van der Waals surface area (Å²) in [6, 6.07) is 15.8. The molecule has 4 nitrogen and oxygen atoms in total. The van der Waals surface area contributed by atoms with Crippen LogP contribution in [0.25, 0.3) is 17.3 Å². The zero-order valence-electron chi connectivity index (χ0n) is 14.4. The summed E-state index contributed by atoms with van der Waals surface area (Å²) in [6.45, 7) is 2.01. The van der Waals surface area contributed by atoms with Gasteiger partial charge in [-0.3, -0.25) is 4.57 Å². The first-order chi connectivity index (χ1) is 13.1. The number of aryl methyl sites for hydroxylation is 1. The zero-order chi connectivity index (χ0) is 18.8. The summed E-state index contributed by atoms with van der Waals surface area (Å²) in [5.41, 5.74) is 2.93. The molecule has 2 aromatic heterocycles. The second-order valence-electron chi connectivity index (χ2n) is 5.96. The van der Waals surface area contributed by atoms with E-state index in [0.717, 1.165) is 16.8 Å². The second-order valence-corrected chi connectivity index (χ2v) is 7.34. The summed E-state index contributed by atoms with van der Waals surface area (Å²) in [5, 5.41) is 10.0. The fourth-order valence-corrected chi connectivity index (χ4v) is 3.76. The van der Waals surface area contributed by atoms with E-state index in [9.17, 15) is 4.39 Å². The molecule has 27 heavy (non-hydrogen) atoms. The van der Waals surface area contributed by atoms with Crippen LogP contribution in [0, 0.1) is 12.7 Å². The van der Waals surface area contributed by atoms with Crippen LogP contribution < -0.4 is 0 Å². The summed E-state index contributed by atoms with van der Waals surface area (Å²) in [6.07, 6.45) is 1.60. The van der Waals surface area contributed by atoms with Crippen LogP contribution in [0.5, 0.6) is 0 Å². The Morgan fingerprint density at radius 3 is 2.67 bits per heavy atom. The Labute approximate surface area is 165 Å². The van der Waals surface area contributed by atoms with Crippen molar-refractivity contribution in [1.29, 1.82) is 0 Å². The summed E-state index contributed by atoms with van der Waals surface area (Å²) in [7, 11) is 0. The van der Waals surface area contributed by atoms with E-state index in [1.165, 1.54) is 23.9 Å². The summed E-state index contributed by atoms with van der Waals surface area (Å²) >= 11 is 7.75. The van der Waals surface area contributed by atoms with Crippen molar-refractivity contribution in [1.82, 2.24) is 14.8 Å². The molecule has 0 unspecified atom stereocenters. The van der Waals surface area contributed by atoms with Crippen LogP contribution >= 0.6 is 23.4 Å². The molecule has 0 aliphatic rings. The maximum absolute atomic E-state index is 13.1. The molecule has 0 spiro atoms. The zero-order valence-corrected chi connectivity index (χ0v) is 16.0. The van der Waals surface area contributed by atoms with Gasteiger partial charge in [-0.25, -0.2) is 4.39 Å². The van der Waals surface area contributed by atoms with Gasteiger partial charge in [-0.2, -0.15) is 0 Å². The molecule has 0 bridgehead atoms. The largest absolute Gasteiger partial charge is 0.461 e. The van der Waals surface area contributed by atoms with Crippen LogP contribution in [0.4, 0.5) is 4.39 Å². The summed E-state index contributed by atoms with van der Waals surface area (Å²) < 4.78 is 20.6. The Bertz CT molecular complexity index is 1060. The minimum Gasteiger partial charge on any atom is -0.461 e. The third-order valence-corrected chi connectivity index (χ3v) is 5.30. The Hall–Kier alpha value is -2.57. The number of halogens is 2. The first-order valence-electron chi connectivity index (χ1n) is 8.25. The lowest BCUT2D eigenvalue weighted by Crippen LogP contribution is -2.02. The first-order valence-corrected chi connectivity index (χ1v) is 9.61. The Morgan fingerprint density at radius 2 is 1.93 bits per heavy atom. The highest BCUT2D eigenvalue weighted by Crippen LogP contribution is 2.32. The van der Waals surface area contributed by atoms with Crippen LogP contribution in [0.2, 0.25) is 5.02 Å². The van der Waals surface area contributed by atoms with E-state index in [4.69, 9.17) is 16.0 Å². The fourth-order valence-electron chi connectivity index (χ4n) is 2.70. The molecule has 2 heterocycles. The van der Waals surface area contributed by atoms with Gasteiger partial charge in [0.25, 0.3) is 0 Å². The molecule has 0 amide bonds. The first kappa shape index (κ1) is 17.8. The number of aromatic nitrogens is 3. The Morgan fingerprint density at radius 1 is 1.11 bits per heavy atom. The number of benzene rings is 2. The van der Waals surface area contributed by atoms with Crippen molar-refractivity contribution >= 4 is 23.4 Å². The van der Waals surface area contributed by atoms with Gasteiger partial charge in [0.1, 0.15) is 5.82 Å². The Kier molecular flexibility index (Phi) is 5.01. The molecule has 0 saturated heterocycles. The van der Waals surface area contributed by atoms with Gasteiger partial charge in [0.05, 0.1) is 12.0 Å². The maximum atomic E-state index is 13.1. The number of thioether (sulfide) groups is 1. The monoisotopic (exact) mass is 399 g/mol. The molecule has 0 N–H and O–H groups in total. The van der Waals surface area contributed by atoms with Crippen molar-refractivity contribution in [2.45, 2.75) is 17.8 Å². The van der Waals surface area contributed by atoms with Crippen molar-refractivity contribution in [3.63, 3.8) is 0 Å².